The van der Waals surface area contributed by atoms with Crippen molar-refractivity contribution in [3.8, 4) is 0 Å². The topological polar surface area (TPSA) is 85.4 Å². The summed E-state index contributed by atoms with van der Waals surface area (Å²) in [6.45, 7) is -0.372. The quantitative estimate of drug-likeness (QED) is 0.538. The number of nitrogens with one attached hydrogen (secondary N) is 1. The second kappa shape index (κ2) is 8.53. The molecule has 0 aliphatic rings. The first-order valence-electron chi connectivity index (χ1n) is 8.20. The van der Waals surface area contributed by atoms with E-state index in [4.69, 9.17) is 4.74 Å². The molecule has 1 N–H and O–H groups in total. The van der Waals surface area contributed by atoms with E-state index < -0.39 is 5.97 Å². The van der Waals surface area contributed by atoms with Crippen molar-refractivity contribution in [3.63, 3.8) is 0 Å². The van der Waals surface area contributed by atoms with Crippen LogP contribution in [0.25, 0.3) is 0 Å². The molecule has 1 aromatic heterocycles. The lowest BCUT2D eigenvalue weighted by Crippen LogP contribution is -2.15. The number of rotatable bonds is 6. The van der Waals surface area contributed by atoms with Gasteiger partial charge in [-0.15, -0.1) is 0 Å². The molecular formula is C21H16N2O4. The number of aromatic nitrogens is 1. The number of ether oxygens (including phenoxy) is 1. The number of ketones is 1. The molecule has 134 valence electrons. The zero-order chi connectivity index (χ0) is 19.1. The van der Waals surface area contributed by atoms with Gasteiger partial charge in [-0.3, -0.25) is 14.6 Å². The van der Waals surface area contributed by atoms with Crippen molar-refractivity contribution in [2.24, 2.45) is 0 Å². The van der Waals surface area contributed by atoms with Crippen LogP contribution in [0.5, 0.6) is 0 Å². The monoisotopic (exact) mass is 360 g/mol. The molecule has 6 heteroatoms. The Labute approximate surface area is 155 Å². The molecule has 0 saturated heterocycles. The summed E-state index contributed by atoms with van der Waals surface area (Å²) in [5, 5.41) is 2.75. The third-order valence-electron chi connectivity index (χ3n) is 3.73. The van der Waals surface area contributed by atoms with Crippen LogP contribution in [0, 0.1) is 0 Å². The molecule has 1 heterocycles. The Balaban J connectivity index is 1.56. The molecule has 3 rings (SSSR count). The van der Waals surface area contributed by atoms with Crippen LogP contribution in [0.1, 0.15) is 31.1 Å². The molecule has 0 unspecified atom stereocenters. The van der Waals surface area contributed by atoms with E-state index in [1.54, 1.807) is 66.9 Å². The molecule has 1 amide bonds. The lowest BCUT2D eigenvalue weighted by Gasteiger charge is -2.07. The van der Waals surface area contributed by atoms with Crippen molar-refractivity contribution in [2.45, 2.75) is 0 Å². The molecular weight excluding hydrogens is 344 g/mol. The van der Waals surface area contributed by atoms with E-state index in [9.17, 15) is 14.4 Å². The molecule has 0 atom stereocenters. The van der Waals surface area contributed by atoms with Crippen molar-refractivity contribution in [3.05, 3.63) is 95.8 Å². The molecule has 3 aromatic rings. The standard InChI is InChI=1S/C21H16N2O4/c24-19(14-27-21(26)17-7-4-12-22-13-17)15-8-10-18(11-9-15)23-20(25)16-5-2-1-3-6-16/h1-13H,14H2,(H,23,25). The van der Waals surface area contributed by atoms with Gasteiger partial charge in [-0.1, -0.05) is 18.2 Å². The Hall–Kier alpha value is -3.80. The number of benzene rings is 2. The van der Waals surface area contributed by atoms with Crippen LogP contribution in [0.4, 0.5) is 5.69 Å². The minimum absolute atomic E-state index is 0.236. The Morgan fingerprint density at radius 3 is 2.19 bits per heavy atom. The maximum Gasteiger partial charge on any atom is 0.340 e. The van der Waals surface area contributed by atoms with E-state index >= 15 is 0 Å². The highest BCUT2D eigenvalue weighted by Crippen LogP contribution is 2.12. The van der Waals surface area contributed by atoms with Gasteiger partial charge in [0.05, 0.1) is 5.56 Å². The van der Waals surface area contributed by atoms with Gasteiger partial charge in [-0.05, 0) is 48.5 Å². The molecule has 0 spiro atoms. The van der Waals surface area contributed by atoms with E-state index in [0.717, 1.165) is 0 Å². The summed E-state index contributed by atoms with van der Waals surface area (Å²) in [5.74, 6) is -1.18. The normalized spacial score (nSPS) is 10.1. The third kappa shape index (κ3) is 4.85. The number of nitrogens with zero attached hydrogens (tertiary/aromatic N) is 1. The molecule has 0 aliphatic carbocycles. The smallest absolute Gasteiger partial charge is 0.340 e. The largest absolute Gasteiger partial charge is 0.454 e. The first kappa shape index (κ1) is 18.0. The summed E-state index contributed by atoms with van der Waals surface area (Å²) in [7, 11) is 0. The van der Waals surface area contributed by atoms with E-state index in [1.807, 2.05) is 6.07 Å². The number of esters is 1. The predicted octanol–water partition coefficient (Wildman–Crippen LogP) is 3.37. The Morgan fingerprint density at radius 2 is 1.52 bits per heavy atom. The second-order valence-corrected chi connectivity index (χ2v) is 5.64. The fraction of sp³-hybridized carbons (Fsp3) is 0.0476. The summed E-state index contributed by atoms with van der Waals surface area (Å²) in [6, 6.07) is 18.4. The zero-order valence-corrected chi connectivity index (χ0v) is 14.3. The SMILES string of the molecule is O=C(COC(=O)c1cccnc1)c1ccc(NC(=O)c2ccccc2)cc1. The fourth-order valence-electron chi connectivity index (χ4n) is 2.31. The number of hydrogen-bond acceptors (Lipinski definition) is 5. The Bertz CT molecular complexity index is 939. The van der Waals surface area contributed by atoms with Crippen LogP contribution in [-0.4, -0.2) is 29.3 Å². The van der Waals surface area contributed by atoms with Gasteiger partial charge in [-0.2, -0.15) is 0 Å². The Morgan fingerprint density at radius 1 is 0.815 bits per heavy atom. The molecule has 0 fully saturated rings. The van der Waals surface area contributed by atoms with Crippen LogP contribution >= 0.6 is 0 Å². The number of anilines is 1. The Kier molecular flexibility index (Phi) is 5.69. The van der Waals surface area contributed by atoms with E-state index in [2.05, 4.69) is 10.3 Å². The van der Waals surface area contributed by atoms with Crippen molar-refractivity contribution in [1.82, 2.24) is 4.98 Å². The van der Waals surface area contributed by atoms with Gasteiger partial charge in [0.2, 0.25) is 0 Å². The van der Waals surface area contributed by atoms with Crippen LogP contribution in [0.2, 0.25) is 0 Å². The van der Waals surface area contributed by atoms with Gasteiger partial charge in [0.25, 0.3) is 5.91 Å². The van der Waals surface area contributed by atoms with Crippen molar-refractivity contribution in [1.29, 1.82) is 0 Å². The zero-order valence-electron chi connectivity index (χ0n) is 14.3. The lowest BCUT2D eigenvalue weighted by molar-refractivity contribution is 0.0474. The third-order valence-corrected chi connectivity index (χ3v) is 3.73. The molecule has 6 nitrogen and oxygen atoms in total. The van der Waals surface area contributed by atoms with Crippen molar-refractivity contribution in [2.75, 3.05) is 11.9 Å². The predicted molar refractivity (Wildman–Crippen MR) is 99.7 cm³/mol. The summed E-state index contributed by atoms with van der Waals surface area (Å²) >= 11 is 0. The van der Waals surface area contributed by atoms with E-state index in [1.165, 1.54) is 6.20 Å². The van der Waals surface area contributed by atoms with Crippen LogP contribution in [-0.2, 0) is 4.74 Å². The van der Waals surface area contributed by atoms with E-state index in [0.29, 0.717) is 16.8 Å². The van der Waals surface area contributed by atoms with Crippen LogP contribution in [0.15, 0.2) is 79.1 Å². The summed E-state index contributed by atoms with van der Waals surface area (Å²) in [6.07, 6.45) is 2.91. The van der Waals surface area contributed by atoms with Crippen LogP contribution < -0.4 is 5.32 Å². The molecule has 0 radical (unpaired) electrons. The van der Waals surface area contributed by atoms with E-state index in [-0.39, 0.29) is 23.9 Å². The number of carbonyl (C=O) groups is 3. The highest BCUT2D eigenvalue weighted by Gasteiger charge is 2.12. The summed E-state index contributed by atoms with van der Waals surface area (Å²) in [5.41, 5.74) is 1.77. The molecule has 2 aromatic carbocycles. The number of Topliss-reactive ketones (excluding diaryl/α,β-unsaturated/α-hetero) is 1. The average Bonchev–Trinajstić information content (AvgIpc) is 2.73. The number of amides is 1. The lowest BCUT2D eigenvalue weighted by atomic mass is 10.1. The second-order valence-electron chi connectivity index (χ2n) is 5.64. The molecule has 27 heavy (non-hydrogen) atoms. The molecule has 0 bridgehead atoms. The van der Waals surface area contributed by atoms with Gasteiger partial charge in [0, 0.05) is 29.2 Å². The van der Waals surface area contributed by atoms with Gasteiger partial charge in [0.1, 0.15) is 0 Å². The maximum absolute atomic E-state index is 12.2. The van der Waals surface area contributed by atoms with Gasteiger partial charge in [-0.25, -0.2) is 4.79 Å². The number of carbonyl (C=O) groups excluding carboxylic acids is 3. The summed E-state index contributed by atoms with van der Waals surface area (Å²) < 4.78 is 5.00. The molecule has 0 aliphatic heterocycles. The summed E-state index contributed by atoms with van der Waals surface area (Å²) in [4.78, 5) is 39.9. The fourth-order valence-corrected chi connectivity index (χ4v) is 2.31. The molecule has 0 saturated carbocycles. The first-order chi connectivity index (χ1) is 13.1. The minimum Gasteiger partial charge on any atom is -0.454 e. The van der Waals surface area contributed by atoms with Crippen LogP contribution in [0.3, 0.4) is 0 Å². The van der Waals surface area contributed by atoms with Gasteiger partial charge < -0.3 is 10.1 Å². The first-order valence-corrected chi connectivity index (χ1v) is 8.20. The average molecular weight is 360 g/mol. The van der Waals surface area contributed by atoms with Gasteiger partial charge >= 0.3 is 5.97 Å². The van der Waals surface area contributed by atoms with Gasteiger partial charge in [0.15, 0.2) is 12.4 Å². The van der Waals surface area contributed by atoms with Crippen molar-refractivity contribution >= 4 is 23.3 Å². The highest BCUT2D eigenvalue weighted by molar-refractivity contribution is 6.04. The number of pyridine rings is 1. The van der Waals surface area contributed by atoms with Crippen molar-refractivity contribution < 1.29 is 19.1 Å². The number of hydrogen-bond donors (Lipinski definition) is 1. The minimum atomic E-state index is -0.608. The maximum atomic E-state index is 12.2. The highest BCUT2D eigenvalue weighted by atomic mass is 16.5.